The molecule has 6 rings (SSSR count). The van der Waals surface area contributed by atoms with Crippen LogP contribution in [0.25, 0.3) is 0 Å². The maximum absolute atomic E-state index is 12.7. The van der Waals surface area contributed by atoms with Crippen LogP contribution >= 0.6 is 0 Å². The number of hydrogen-bond acceptors (Lipinski definition) is 7. The fraction of sp³-hybridized carbons (Fsp3) is 0.542. The van der Waals surface area contributed by atoms with E-state index in [-0.39, 0.29) is 29.2 Å². The SMILES string of the molecule is N#Cc1cnc(NCc2ccccc2OC(F)(F)F)nc1NC[C@]12CC3C[C@@H](C[C@@](N)(C3)C1)C2. The van der Waals surface area contributed by atoms with Crippen molar-refractivity contribution in [2.45, 2.75) is 57.0 Å². The molecule has 1 aromatic heterocycles. The molecule has 10 heteroatoms. The molecule has 4 bridgehead atoms. The Kier molecular flexibility index (Phi) is 5.55. The van der Waals surface area contributed by atoms with E-state index in [0.29, 0.717) is 35.3 Å². The lowest BCUT2D eigenvalue weighted by atomic mass is 9.47. The van der Waals surface area contributed by atoms with Crippen LogP contribution in [0, 0.1) is 28.6 Å². The van der Waals surface area contributed by atoms with Crippen LogP contribution < -0.4 is 21.1 Å². The van der Waals surface area contributed by atoms with Crippen LogP contribution in [0.15, 0.2) is 30.5 Å². The van der Waals surface area contributed by atoms with Gasteiger partial charge < -0.3 is 21.1 Å². The average molecular weight is 473 g/mol. The molecule has 4 atom stereocenters. The van der Waals surface area contributed by atoms with E-state index in [4.69, 9.17) is 5.73 Å². The number of hydrogen-bond donors (Lipinski definition) is 3. The monoisotopic (exact) mass is 472 g/mol. The largest absolute Gasteiger partial charge is 0.573 e. The molecule has 7 nitrogen and oxygen atoms in total. The summed E-state index contributed by atoms with van der Waals surface area (Å²) >= 11 is 0. The molecule has 180 valence electrons. The molecule has 4 aliphatic carbocycles. The standard InChI is InChI=1S/C24H27F3N6O/c25-24(26,27)34-19-4-2-1-3-17(19)11-30-21-31-12-18(10-28)20(33-21)32-14-22-6-15-5-16(7-22)9-23(29,8-15)13-22/h1-4,12,15-16H,5-9,11,13-14,29H2,(H2,30,31,32,33)/t15-,16?,22-,23-/m1/s1. The third kappa shape index (κ3) is 4.75. The van der Waals surface area contributed by atoms with Crippen molar-refractivity contribution >= 4 is 11.8 Å². The van der Waals surface area contributed by atoms with Crippen molar-refractivity contribution in [3.8, 4) is 11.8 Å². The molecule has 1 unspecified atom stereocenters. The minimum Gasteiger partial charge on any atom is -0.405 e. The van der Waals surface area contributed by atoms with Gasteiger partial charge in [0, 0.05) is 24.2 Å². The highest BCUT2D eigenvalue weighted by Gasteiger charge is 2.56. The molecule has 4 saturated carbocycles. The highest BCUT2D eigenvalue weighted by molar-refractivity contribution is 5.53. The lowest BCUT2D eigenvalue weighted by Crippen LogP contribution is -2.61. The van der Waals surface area contributed by atoms with Gasteiger partial charge in [0.2, 0.25) is 5.95 Å². The van der Waals surface area contributed by atoms with Gasteiger partial charge >= 0.3 is 6.36 Å². The summed E-state index contributed by atoms with van der Waals surface area (Å²) in [6.45, 7) is 0.715. The van der Waals surface area contributed by atoms with Gasteiger partial charge in [-0.15, -0.1) is 13.2 Å². The third-order valence-electron chi connectivity index (χ3n) is 7.40. The van der Waals surface area contributed by atoms with Crippen LogP contribution in [-0.4, -0.2) is 28.4 Å². The van der Waals surface area contributed by atoms with E-state index in [0.717, 1.165) is 32.1 Å². The highest BCUT2D eigenvalue weighted by atomic mass is 19.4. The molecule has 2 aromatic rings. The Morgan fingerprint density at radius 3 is 2.56 bits per heavy atom. The van der Waals surface area contributed by atoms with Gasteiger partial charge in [0.25, 0.3) is 0 Å². The Labute approximate surface area is 195 Å². The Balaban J connectivity index is 1.28. The Hall–Kier alpha value is -3.06. The molecule has 0 saturated heterocycles. The summed E-state index contributed by atoms with van der Waals surface area (Å²) < 4.78 is 42.2. The van der Waals surface area contributed by atoms with Crippen LogP contribution in [0.2, 0.25) is 0 Å². The molecule has 0 aliphatic heterocycles. The molecular formula is C24H27F3N6O. The van der Waals surface area contributed by atoms with E-state index in [9.17, 15) is 18.4 Å². The minimum atomic E-state index is -4.78. The zero-order valence-corrected chi connectivity index (χ0v) is 18.7. The third-order valence-corrected chi connectivity index (χ3v) is 7.40. The minimum absolute atomic E-state index is 0.0284. The zero-order chi connectivity index (χ0) is 24.0. The predicted octanol–water partition coefficient (Wildman–Crippen LogP) is 4.57. The normalized spacial score (nSPS) is 29.5. The fourth-order valence-electron chi connectivity index (χ4n) is 6.74. The molecule has 34 heavy (non-hydrogen) atoms. The van der Waals surface area contributed by atoms with Gasteiger partial charge in [0.1, 0.15) is 23.2 Å². The van der Waals surface area contributed by atoms with E-state index < -0.39 is 6.36 Å². The van der Waals surface area contributed by atoms with E-state index in [1.165, 1.54) is 30.8 Å². The number of nitrogens with zero attached hydrogens (tertiary/aromatic N) is 3. The van der Waals surface area contributed by atoms with E-state index in [1.807, 2.05) is 0 Å². The first-order valence-corrected chi connectivity index (χ1v) is 11.5. The van der Waals surface area contributed by atoms with Gasteiger partial charge in [-0.3, -0.25) is 0 Å². The first kappa shape index (κ1) is 22.7. The zero-order valence-electron chi connectivity index (χ0n) is 18.7. The summed E-state index contributed by atoms with van der Waals surface area (Å²) in [5, 5.41) is 15.8. The van der Waals surface area contributed by atoms with Crippen LogP contribution in [-0.2, 0) is 6.54 Å². The van der Waals surface area contributed by atoms with E-state index in [2.05, 4.69) is 31.4 Å². The molecule has 4 fully saturated rings. The van der Waals surface area contributed by atoms with Crippen molar-refractivity contribution in [3.05, 3.63) is 41.6 Å². The number of benzene rings is 1. The van der Waals surface area contributed by atoms with Gasteiger partial charge in [-0.1, -0.05) is 18.2 Å². The number of para-hydroxylation sites is 1. The fourth-order valence-corrected chi connectivity index (χ4v) is 6.74. The number of rotatable bonds is 7. The summed E-state index contributed by atoms with van der Waals surface area (Å²) in [6.07, 6.45) is 3.38. The highest BCUT2D eigenvalue weighted by Crippen LogP contribution is 2.60. The predicted molar refractivity (Wildman–Crippen MR) is 120 cm³/mol. The van der Waals surface area contributed by atoms with Crippen molar-refractivity contribution in [1.82, 2.24) is 9.97 Å². The van der Waals surface area contributed by atoms with E-state index >= 15 is 0 Å². The number of halogens is 3. The summed E-state index contributed by atoms with van der Waals surface area (Å²) in [4.78, 5) is 8.59. The Bertz CT molecular complexity index is 1100. The van der Waals surface area contributed by atoms with Crippen LogP contribution in [0.3, 0.4) is 0 Å². The molecular weight excluding hydrogens is 445 g/mol. The molecule has 0 amide bonds. The van der Waals surface area contributed by atoms with Crippen LogP contribution in [0.4, 0.5) is 24.9 Å². The summed E-state index contributed by atoms with van der Waals surface area (Å²) in [6, 6.07) is 8.00. The average Bonchev–Trinajstić information content (AvgIpc) is 2.74. The quantitative estimate of drug-likeness (QED) is 0.542. The second-order valence-electron chi connectivity index (χ2n) is 10.3. The number of ether oxygens (including phenoxy) is 1. The number of anilines is 2. The number of alkyl halides is 3. The molecule has 4 aliphatic rings. The Morgan fingerprint density at radius 2 is 1.88 bits per heavy atom. The van der Waals surface area contributed by atoms with Gasteiger partial charge in [0.05, 0.1) is 6.20 Å². The Morgan fingerprint density at radius 1 is 1.15 bits per heavy atom. The molecule has 1 aromatic carbocycles. The van der Waals surface area contributed by atoms with Crippen LogP contribution in [0.5, 0.6) is 5.75 Å². The van der Waals surface area contributed by atoms with E-state index in [1.54, 1.807) is 6.07 Å². The van der Waals surface area contributed by atoms with Gasteiger partial charge in [-0.05, 0) is 61.8 Å². The van der Waals surface area contributed by atoms with Gasteiger partial charge in [0.15, 0.2) is 0 Å². The summed E-state index contributed by atoms with van der Waals surface area (Å²) in [5.74, 6) is 1.69. The number of nitrogens with two attached hydrogens (primary N) is 1. The maximum atomic E-state index is 12.7. The first-order valence-electron chi connectivity index (χ1n) is 11.5. The molecule has 0 spiro atoms. The second-order valence-corrected chi connectivity index (χ2v) is 10.3. The lowest BCUT2D eigenvalue weighted by Gasteiger charge is -2.61. The van der Waals surface area contributed by atoms with Crippen molar-refractivity contribution in [1.29, 1.82) is 5.26 Å². The molecule has 1 heterocycles. The number of nitrogens with one attached hydrogen (secondary N) is 2. The van der Waals surface area contributed by atoms with Gasteiger partial charge in [-0.2, -0.15) is 10.2 Å². The molecule has 4 N–H and O–H groups in total. The molecule has 0 radical (unpaired) electrons. The number of aromatic nitrogens is 2. The smallest absolute Gasteiger partial charge is 0.405 e. The maximum Gasteiger partial charge on any atom is 0.573 e. The van der Waals surface area contributed by atoms with Crippen molar-refractivity contribution in [2.75, 3.05) is 17.2 Å². The summed E-state index contributed by atoms with van der Waals surface area (Å²) in [5.41, 5.74) is 7.37. The lowest BCUT2D eigenvalue weighted by molar-refractivity contribution is -0.274. The topological polar surface area (TPSA) is 109 Å². The van der Waals surface area contributed by atoms with Crippen LogP contribution in [0.1, 0.15) is 49.7 Å². The van der Waals surface area contributed by atoms with Crippen molar-refractivity contribution < 1.29 is 17.9 Å². The second kappa shape index (κ2) is 8.31. The number of nitriles is 1. The van der Waals surface area contributed by atoms with Crippen molar-refractivity contribution in [3.63, 3.8) is 0 Å². The summed E-state index contributed by atoms with van der Waals surface area (Å²) in [7, 11) is 0. The van der Waals surface area contributed by atoms with Crippen molar-refractivity contribution in [2.24, 2.45) is 23.0 Å². The van der Waals surface area contributed by atoms with Gasteiger partial charge in [-0.25, -0.2) is 4.98 Å². The first-order chi connectivity index (χ1) is 16.1.